The van der Waals surface area contributed by atoms with Gasteiger partial charge in [-0.2, -0.15) is 0 Å². The fraction of sp³-hybridized carbons (Fsp3) is 0.0938. The highest BCUT2D eigenvalue weighted by atomic mass is 19.1. The zero-order valence-corrected chi connectivity index (χ0v) is 38.4. The number of anilines is 6. The van der Waals surface area contributed by atoms with Gasteiger partial charge in [-0.05, 0) is 187 Å². The standard InChI is InChI=1S/C64H48F2N2/c1-63(2)55-35-33-49(67(45-17-9-5-10-18-45)46-19-11-6-12-20-46)37-53(55)61-57(63)39-51-52(59(61)41-25-29-43(65)30-26-41)40-58-62(60(51)42-27-31-44(66)32-28-42)54-38-50(34-36-56(54)64(58,3)4)68(47-21-13-7-14-22-47)48-23-15-8-16-24-48/h5-40H,1-4H3. The quantitative estimate of drug-likeness (QED) is 0.150. The number of hydrogen-bond donors (Lipinski definition) is 0. The molecule has 0 amide bonds. The van der Waals surface area contributed by atoms with E-state index in [1.54, 1.807) is 24.3 Å². The Morgan fingerprint density at radius 1 is 0.294 bits per heavy atom. The molecule has 0 aliphatic heterocycles. The Bertz CT molecular complexity index is 3230. The van der Waals surface area contributed by atoms with E-state index in [0.29, 0.717) is 0 Å². The third kappa shape index (κ3) is 6.50. The lowest BCUT2D eigenvalue weighted by molar-refractivity contribution is 0.627. The molecule has 328 valence electrons. The van der Waals surface area contributed by atoms with Crippen molar-refractivity contribution in [3.63, 3.8) is 0 Å². The summed E-state index contributed by atoms with van der Waals surface area (Å²) < 4.78 is 30.1. The van der Waals surface area contributed by atoms with Gasteiger partial charge in [-0.3, -0.25) is 0 Å². The summed E-state index contributed by atoms with van der Waals surface area (Å²) in [6.45, 7) is 9.28. The molecule has 0 bridgehead atoms. The predicted molar refractivity (Wildman–Crippen MR) is 279 cm³/mol. The SMILES string of the molecule is CC1(C)c2ccc(N(c3ccccc3)c3ccccc3)cc2-c2c1cc1c(-c3ccc(F)cc3)c3c(cc1c2-c1ccc(F)cc1)C(C)(C)c1ccc(N(c2ccccc2)c2ccccc2)cc1-3. The van der Waals surface area contributed by atoms with Crippen molar-refractivity contribution in [1.29, 1.82) is 0 Å². The van der Waals surface area contributed by atoms with Crippen LogP contribution in [0.25, 0.3) is 55.3 Å². The third-order valence-corrected chi connectivity index (χ3v) is 14.5. The van der Waals surface area contributed by atoms with Crippen LogP contribution >= 0.6 is 0 Å². The molecule has 2 nitrogen and oxygen atoms in total. The van der Waals surface area contributed by atoms with Crippen LogP contribution in [0.1, 0.15) is 49.9 Å². The average Bonchev–Trinajstić information content (AvgIpc) is 3.73. The van der Waals surface area contributed by atoms with Crippen LogP contribution in [-0.2, 0) is 10.8 Å². The average molecular weight is 883 g/mol. The molecule has 4 heteroatoms. The molecule has 2 aliphatic rings. The molecule has 0 unspecified atom stereocenters. The van der Waals surface area contributed by atoms with Gasteiger partial charge in [0.25, 0.3) is 0 Å². The first-order chi connectivity index (χ1) is 33.1. The Morgan fingerprint density at radius 2 is 0.603 bits per heavy atom. The summed E-state index contributed by atoms with van der Waals surface area (Å²) in [5, 5.41) is 2.14. The lowest BCUT2D eigenvalue weighted by Gasteiger charge is -2.27. The van der Waals surface area contributed by atoms with Crippen LogP contribution in [0.2, 0.25) is 0 Å². The molecule has 2 aliphatic carbocycles. The maximum absolute atomic E-state index is 15.0. The predicted octanol–water partition coefficient (Wildman–Crippen LogP) is 18.0. The summed E-state index contributed by atoms with van der Waals surface area (Å²) in [7, 11) is 0. The van der Waals surface area contributed by atoms with Crippen LogP contribution < -0.4 is 9.80 Å². The maximum Gasteiger partial charge on any atom is 0.123 e. The van der Waals surface area contributed by atoms with Crippen molar-refractivity contribution in [2.45, 2.75) is 38.5 Å². The van der Waals surface area contributed by atoms with Crippen molar-refractivity contribution >= 4 is 44.9 Å². The second kappa shape index (κ2) is 15.8. The van der Waals surface area contributed by atoms with E-state index in [4.69, 9.17) is 0 Å². The van der Waals surface area contributed by atoms with E-state index in [0.717, 1.165) is 89.4 Å². The largest absolute Gasteiger partial charge is 0.310 e. The molecule has 0 heterocycles. The third-order valence-electron chi connectivity index (χ3n) is 14.5. The first-order valence-corrected chi connectivity index (χ1v) is 23.4. The van der Waals surface area contributed by atoms with E-state index >= 15 is 8.78 Å². The van der Waals surface area contributed by atoms with E-state index in [-0.39, 0.29) is 11.6 Å². The van der Waals surface area contributed by atoms with Crippen molar-refractivity contribution < 1.29 is 8.78 Å². The van der Waals surface area contributed by atoms with Gasteiger partial charge in [-0.15, -0.1) is 0 Å². The molecule has 0 saturated carbocycles. The topological polar surface area (TPSA) is 6.48 Å². The number of fused-ring (bicyclic) bond motifs is 7. The Morgan fingerprint density at radius 3 is 0.912 bits per heavy atom. The summed E-state index contributed by atoms with van der Waals surface area (Å²) in [6, 6.07) is 74.7. The highest BCUT2D eigenvalue weighted by molar-refractivity contribution is 6.17. The molecule has 0 spiro atoms. The van der Waals surface area contributed by atoms with Gasteiger partial charge in [0.15, 0.2) is 0 Å². The van der Waals surface area contributed by atoms with Gasteiger partial charge in [-0.25, -0.2) is 8.78 Å². The molecule has 0 radical (unpaired) electrons. The molecule has 0 N–H and O–H groups in total. The molecule has 0 aromatic heterocycles. The van der Waals surface area contributed by atoms with Gasteiger partial charge >= 0.3 is 0 Å². The second-order valence-electron chi connectivity index (χ2n) is 19.2. The first kappa shape index (κ1) is 41.4. The lowest BCUT2D eigenvalue weighted by atomic mass is 9.76. The number of halogens is 2. The number of para-hydroxylation sites is 4. The summed E-state index contributed by atoms with van der Waals surface area (Å²) in [4.78, 5) is 4.63. The van der Waals surface area contributed by atoms with Crippen LogP contribution in [0.5, 0.6) is 0 Å². The van der Waals surface area contributed by atoms with Crippen molar-refractivity contribution in [1.82, 2.24) is 0 Å². The van der Waals surface area contributed by atoms with Gasteiger partial charge in [0.05, 0.1) is 0 Å². The molecule has 68 heavy (non-hydrogen) atoms. The van der Waals surface area contributed by atoms with Gasteiger partial charge in [0.2, 0.25) is 0 Å². The van der Waals surface area contributed by atoms with Gasteiger partial charge < -0.3 is 9.80 Å². The van der Waals surface area contributed by atoms with Crippen molar-refractivity contribution in [3.05, 3.63) is 252 Å². The van der Waals surface area contributed by atoms with E-state index in [2.05, 4.69) is 183 Å². The summed E-state index contributed by atoms with van der Waals surface area (Å²) in [5.41, 5.74) is 18.9. The number of rotatable bonds is 8. The minimum atomic E-state index is -0.411. The van der Waals surface area contributed by atoms with E-state index in [1.807, 2.05) is 48.5 Å². The van der Waals surface area contributed by atoms with E-state index in [9.17, 15) is 0 Å². The van der Waals surface area contributed by atoms with Crippen LogP contribution in [0, 0.1) is 11.6 Å². The molecule has 12 rings (SSSR count). The van der Waals surface area contributed by atoms with E-state index < -0.39 is 10.8 Å². The zero-order valence-electron chi connectivity index (χ0n) is 38.4. The second-order valence-corrected chi connectivity index (χ2v) is 19.2. The summed E-state index contributed by atoms with van der Waals surface area (Å²) >= 11 is 0. The molecular weight excluding hydrogens is 835 g/mol. The highest BCUT2D eigenvalue weighted by Crippen LogP contribution is 2.61. The number of hydrogen-bond acceptors (Lipinski definition) is 2. The van der Waals surface area contributed by atoms with Crippen LogP contribution in [0.15, 0.2) is 218 Å². The van der Waals surface area contributed by atoms with Crippen molar-refractivity contribution in [2.24, 2.45) is 0 Å². The Hall–Kier alpha value is -8.08. The van der Waals surface area contributed by atoms with Crippen molar-refractivity contribution in [3.8, 4) is 44.5 Å². The molecule has 10 aromatic carbocycles. The highest BCUT2D eigenvalue weighted by Gasteiger charge is 2.42. The van der Waals surface area contributed by atoms with Gasteiger partial charge in [0, 0.05) is 45.0 Å². The number of nitrogens with zero attached hydrogens (tertiary/aromatic N) is 2. The Labute approximate surface area is 397 Å². The monoisotopic (exact) mass is 882 g/mol. The molecule has 0 saturated heterocycles. The van der Waals surface area contributed by atoms with Gasteiger partial charge in [-0.1, -0.05) is 137 Å². The van der Waals surface area contributed by atoms with Crippen LogP contribution in [-0.4, -0.2) is 0 Å². The molecule has 0 atom stereocenters. The molecular formula is C64H48F2N2. The van der Waals surface area contributed by atoms with Crippen LogP contribution in [0.3, 0.4) is 0 Å². The zero-order chi connectivity index (χ0) is 46.3. The van der Waals surface area contributed by atoms with Crippen LogP contribution in [0.4, 0.5) is 42.9 Å². The fourth-order valence-electron chi connectivity index (χ4n) is 11.3. The number of benzene rings is 10. The molecule has 0 fully saturated rings. The minimum Gasteiger partial charge on any atom is -0.310 e. The van der Waals surface area contributed by atoms with E-state index in [1.165, 1.54) is 22.3 Å². The van der Waals surface area contributed by atoms with Crippen molar-refractivity contribution in [2.75, 3.05) is 9.80 Å². The first-order valence-electron chi connectivity index (χ1n) is 23.4. The maximum atomic E-state index is 15.0. The van der Waals surface area contributed by atoms with Gasteiger partial charge in [0.1, 0.15) is 11.6 Å². The molecule has 10 aromatic rings. The Kier molecular flexibility index (Phi) is 9.60. The summed E-state index contributed by atoms with van der Waals surface area (Å²) in [6.07, 6.45) is 0. The Balaban J connectivity index is 1.17. The smallest absolute Gasteiger partial charge is 0.123 e. The summed E-state index contributed by atoms with van der Waals surface area (Å²) in [5.74, 6) is -0.564. The fourth-order valence-corrected chi connectivity index (χ4v) is 11.3. The lowest BCUT2D eigenvalue weighted by Crippen LogP contribution is -2.16. The normalized spacial score (nSPS) is 13.7. The minimum absolute atomic E-state index is 0.282.